The number of benzene rings is 4. The van der Waals surface area contributed by atoms with Crippen LogP contribution in [0.3, 0.4) is 0 Å². The zero-order valence-electron chi connectivity index (χ0n) is 20.5. The van der Waals surface area contributed by atoms with Gasteiger partial charge in [0.15, 0.2) is 0 Å². The minimum atomic E-state index is 0.871. The zero-order chi connectivity index (χ0) is 23.9. The average molecular weight is 449 g/mol. The molecule has 0 aliphatic rings. The molecule has 34 heavy (non-hydrogen) atoms. The number of rotatable bonds is 9. The van der Waals surface area contributed by atoms with Crippen LogP contribution < -0.4 is 11.5 Å². The highest BCUT2D eigenvalue weighted by molar-refractivity contribution is 5.48. The maximum absolute atomic E-state index is 5.93. The maximum atomic E-state index is 5.93. The van der Waals surface area contributed by atoms with E-state index in [0.29, 0.717) is 0 Å². The molecule has 0 saturated carbocycles. The molecule has 4 aromatic rings. The van der Waals surface area contributed by atoms with Gasteiger partial charge in [-0.1, -0.05) is 72.8 Å². The lowest BCUT2D eigenvalue weighted by Crippen LogP contribution is -1.97. The molecule has 4 N–H and O–H groups in total. The standard InChI is InChI=1S/C32H36N2/c1-23-21-29(17-19-31(23)33)15-13-27-9-5-25(6-10-27)3-4-26-7-11-28(12-8-26)14-16-30-18-20-32(34)24(2)22-30/h5-12,17-22H,3-4,13-16,33-34H2,1-2H3. The first-order valence-electron chi connectivity index (χ1n) is 12.3. The molecule has 0 atom stereocenters. The molecule has 0 saturated heterocycles. The Balaban J connectivity index is 1.23. The lowest BCUT2D eigenvalue weighted by Gasteiger charge is -2.08. The molecule has 0 unspecified atom stereocenters. The van der Waals surface area contributed by atoms with Gasteiger partial charge in [-0.15, -0.1) is 0 Å². The molecule has 0 aliphatic carbocycles. The largest absolute Gasteiger partial charge is 0.399 e. The van der Waals surface area contributed by atoms with E-state index in [2.05, 4.69) is 86.6 Å². The highest BCUT2D eigenvalue weighted by atomic mass is 14.6. The summed E-state index contributed by atoms with van der Waals surface area (Å²) >= 11 is 0. The summed E-state index contributed by atoms with van der Waals surface area (Å²) in [7, 11) is 0. The van der Waals surface area contributed by atoms with E-state index in [-0.39, 0.29) is 0 Å². The predicted octanol–water partition coefficient (Wildman–Crippen LogP) is 6.82. The van der Waals surface area contributed by atoms with Gasteiger partial charge in [0.05, 0.1) is 0 Å². The fourth-order valence-corrected chi connectivity index (χ4v) is 4.40. The molecule has 0 aromatic heterocycles. The molecule has 4 rings (SSSR count). The van der Waals surface area contributed by atoms with Gasteiger partial charge in [-0.3, -0.25) is 0 Å². The lowest BCUT2D eigenvalue weighted by atomic mass is 9.98. The summed E-state index contributed by atoms with van der Waals surface area (Å²) in [4.78, 5) is 0. The Morgan fingerprint density at radius 3 is 0.882 bits per heavy atom. The van der Waals surface area contributed by atoms with Crippen LogP contribution in [0.1, 0.15) is 44.5 Å². The Labute approximate surface area is 204 Å². The third-order valence-corrected chi connectivity index (χ3v) is 6.82. The highest BCUT2D eigenvalue weighted by Gasteiger charge is 2.02. The predicted molar refractivity (Wildman–Crippen MR) is 146 cm³/mol. The van der Waals surface area contributed by atoms with Crippen molar-refractivity contribution in [1.29, 1.82) is 0 Å². The van der Waals surface area contributed by atoms with Gasteiger partial charge in [0.1, 0.15) is 0 Å². The van der Waals surface area contributed by atoms with E-state index < -0.39 is 0 Å². The number of nitrogens with two attached hydrogens (primary N) is 2. The van der Waals surface area contributed by atoms with Gasteiger partial charge >= 0.3 is 0 Å². The average Bonchev–Trinajstić information content (AvgIpc) is 2.85. The fraction of sp³-hybridized carbons (Fsp3) is 0.250. The van der Waals surface area contributed by atoms with Crippen LogP contribution in [0.4, 0.5) is 11.4 Å². The van der Waals surface area contributed by atoms with E-state index in [1.807, 2.05) is 12.1 Å². The van der Waals surface area contributed by atoms with Crippen LogP contribution in [-0.2, 0) is 38.5 Å². The van der Waals surface area contributed by atoms with E-state index >= 15 is 0 Å². The second-order valence-corrected chi connectivity index (χ2v) is 9.51. The number of anilines is 2. The van der Waals surface area contributed by atoms with Crippen molar-refractivity contribution >= 4 is 11.4 Å². The summed E-state index contributed by atoms with van der Waals surface area (Å²) < 4.78 is 0. The topological polar surface area (TPSA) is 52.0 Å². The van der Waals surface area contributed by atoms with Crippen molar-refractivity contribution < 1.29 is 0 Å². The molecule has 0 amide bonds. The Hall–Kier alpha value is -3.52. The van der Waals surface area contributed by atoms with Gasteiger partial charge in [-0.25, -0.2) is 0 Å². The Morgan fingerprint density at radius 2 is 0.618 bits per heavy atom. The Morgan fingerprint density at radius 1 is 0.382 bits per heavy atom. The quantitative estimate of drug-likeness (QED) is 0.276. The van der Waals surface area contributed by atoms with Crippen molar-refractivity contribution in [2.75, 3.05) is 11.5 Å². The highest BCUT2D eigenvalue weighted by Crippen LogP contribution is 2.17. The van der Waals surface area contributed by atoms with E-state index in [0.717, 1.165) is 61.0 Å². The normalized spacial score (nSPS) is 11.0. The minimum Gasteiger partial charge on any atom is -0.399 e. The molecule has 0 fully saturated rings. The molecule has 0 aliphatic heterocycles. The summed E-state index contributed by atoms with van der Waals surface area (Å²) in [6.07, 6.45) is 6.35. The molecule has 4 aromatic carbocycles. The second-order valence-electron chi connectivity index (χ2n) is 9.51. The number of nitrogen functional groups attached to an aromatic ring is 2. The molecule has 0 radical (unpaired) electrons. The first kappa shape index (κ1) is 23.6. The summed E-state index contributed by atoms with van der Waals surface area (Å²) in [5.74, 6) is 0. The van der Waals surface area contributed by atoms with Gasteiger partial charge in [0.2, 0.25) is 0 Å². The summed E-state index contributed by atoms with van der Waals surface area (Å²) in [6, 6.07) is 31.0. The van der Waals surface area contributed by atoms with Crippen LogP contribution in [-0.4, -0.2) is 0 Å². The first-order chi connectivity index (χ1) is 16.5. The van der Waals surface area contributed by atoms with Gasteiger partial charge < -0.3 is 11.5 Å². The molecule has 174 valence electrons. The second kappa shape index (κ2) is 11.1. The number of hydrogen-bond acceptors (Lipinski definition) is 2. The van der Waals surface area contributed by atoms with Crippen molar-refractivity contribution in [2.24, 2.45) is 0 Å². The molecule has 0 spiro atoms. The van der Waals surface area contributed by atoms with Gasteiger partial charge in [0.25, 0.3) is 0 Å². The van der Waals surface area contributed by atoms with Crippen LogP contribution in [0.5, 0.6) is 0 Å². The molecular formula is C32H36N2. The minimum absolute atomic E-state index is 0.871. The third-order valence-electron chi connectivity index (χ3n) is 6.82. The van der Waals surface area contributed by atoms with E-state index in [4.69, 9.17) is 11.5 Å². The van der Waals surface area contributed by atoms with Crippen molar-refractivity contribution in [3.8, 4) is 0 Å². The summed E-state index contributed by atoms with van der Waals surface area (Å²) in [5.41, 5.74) is 24.2. The van der Waals surface area contributed by atoms with Crippen LogP contribution in [0.15, 0.2) is 84.9 Å². The number of hydrogen-bond donors (Lipinski definition) is 2. The first-order valence-corrected chi connectivity index (χ1v) is 12.3. The zero-order valence-corrected chi connectivity index (χ0v) is 20.5. The van der Waals surface area contributed by atoms with Gasteiger partial charge in [-0.2, -0.15) is 0 Å². The Bertz CT molecular complexity index is 1120. The fourth-order valence-electron chi connectivity index (χ4n) is 4.40. The van der Waals surface area contributed by atoms with E-state index in [1.54, 1.807) is 0 Å². The summed E-state index contributed by atoms with van der Waals surface area (Å²) in [6.45, 7) is 4.15. The molecule has 0 bridgehead atoms. The lowest BCUT2D eigenvalue weighted by molar-refractivity contribution is 0.931. The van der Waals surface area contributed by atoms with Crippen molar-refractivity contribution in [2.45, 2.75) is 52.4 Å². The van der Waals surface area contributed by atoms with Crippen molar-refractivity contribution in [3.05, 3.63) is 129 Å². The van der Waals surface area contributed by atoms with Crippen LogP contribution in [0.2, 0.25) is 0 Å². The number of aryl methyl sites for hydroxylation is 8. The van der Waals surface area contributed by atoms with Crippen LogP contribution in [0.25, 0.3) is 0 Å². The maximum Gasteiger partial charge on any atom is 0.0343 e. The Kier molecular flexibility index (Phi) is 7.69. The molecule has 2 nitrogen and oxygen atoms in total. The summed E-state index contributed by atoms with van der Waals surface area (Å²) in [5, 5.41) is 0. The van der Waals surface area contributed by atoms with E-state index in [1.165, 1.54) is 33.4 Å². The van der Waals surface area contributed by atoms with E-state index in [9.17, 15) is 0 Å². The van der Waals surface area contributed by atoms with Gasteiger partial charge in [-0.05, 0) is 109 Å². The van der Waals surface area contributed by atoms with Crippen molar-refractivity contribution in [1.82, 2.24) is 0 Å². The molecule has 2 heteroatoms. The molecule has 0 heterocycles. The van der Waals surface area contributed by atoms with Crippen LogP contribution >= 0.6 is 0 Å². The van der Waals surface area contributed by atoms with Gasteiger partial charge in [0, 0.05) is 11.4 Å². The third kappa shape index (κ3) is 6.51. The van der Waals surface area contributed by atoms with Crippen LogP contribution in [0, 0.1) is 13.8 Å². The SMILES string of the molecule is Cc1cc(CCc2ccc(CCc3ccc(CCc4ccc(N)c(C)c4)cc3)cc2)ccc1N. The van der Waals surface area contributed by atoms with Crippen molar-refractivity contribution in [3.63, 3.8) is 0 Å². The smallest absolute Gasteiger partial charge is 0.0343 e. The molecular weight excluding hydrogens is 412 g/mol. The monoisotopic (exact) mass is 448 g/mol.